The monoisotopic (exact) mass is 366 g/mol. The molecule has 7 nitrogen and oxygen atoms in total. The Morgan fingerprint density at radius 1 is 1.26 bits per heavy atom. The van der Waals surface area contributed by atoms with Crippen molar-refractivity contribution in [2.45, 2.75) is 46.6 Å². The van der Waals surface area contributed by atoms with Crippen LogP contribution >= 0.6 is 0 Å². The highest BCUT2D eigenvalue weighted by molar-refractivity contribution is 5.75. The number of carbonyl (C=O) groups is 1. The Morgan fingerprint density at radius 2 is 2.04 bits per heavy atom. The van der Waals surface area contributed by atoms with Crippen LogP contribution < -0.4 is 4.90 Å². The summed E-state index contributed by atoms with van der Waals surface area (Å²) in [7, 11) is 1.97. The molecule has 0 atom stereocenters. The summed E-state index contributed by atoms with van der Waals surface area (Å²) >= 11 is 0. The Bertz CT molecular complexity index is 895. The van der Waals surface area contributed by atoms with Crippen molar-refractivity contribution in [2.24, 2.45) is 7.05 Å². The van der Waals surface area contributed by atoms with Crippen LogP contribution in [0.25, 0.3) is 0 Å². The zero-order valence-corrected chi connectivity index (χ0v) is 16.5. The second-order valence-corrected chi connectivity index (χ2v) is 6.63. The van der Waals surface area contributed by atoms with Crippen LogP contribution in [0.5, 0.6) is 0 Å². The van der Waals surface area contributed by atoms with Gasteiger partial charge >= 0.3 is 0 Å². The van der Waals surface area contributed by atoms with Gasteiger partial charge in [0.1, 0.15) is 11.8 Å². The summed E-state index contributed by atoms with van der Waals surface area (Å²) in [6, 6.07) is 3.98. The highest BCUT2D eigenvalue weighted by atomic mass is 16.2. The molecular formula is C20H26N6O. The van der Waals surface area contributed by atoms with Gasteiger partial charge in [0.25, 0.3) is 0 Å². The third-order valence-electron chi connectivity index (χ3n) is 5.12. The molecule has 0 saturated heterocycles. The fraction of sp³-hybridized carbons (Fsp3) is 0.500. The van der Waals surface area contributed by atoms with Gasteiger partial charge in [0, 0.05) is 44.7 Å². The van der Waals surface area contributed by atoms with E-state index >= 15 is 0 Å². The smallest absolute Gasteiger partial charge is 0.219 e. The molecule has 0 spiro atoms. The molecule has 0 fully saturated rings. The lowest BCUT2D eigenvalue weighted by Gasteiger charge is -2.32. The van der Waals surface area contributed by atoms with Gasteiger partial charge in [-0.15, -0.1) is 0 Å². The Kier molecular flexibility index (Phi) is 5.45. The standard InChI is InChI=1S/C18H20N6O.C2H6/c1-12(25)23-7-5-16-15(11-23)18(21-22(16)2)24-6-3-4-13-8-14(9-19)20-10-17(13)24;1-2/h8,10H,3-7,11H2,1-2H3;1-2H3. The Morgan fingerprint density at radius 3 is 2.74 bits per heavy atom. The number of hydrogen-bond donors (Lipinski definition) is 0. The zero-order valence-electron chi connectivity index (χ0n) is 16.5. The number of anilines is 2. The topological polar surface area (TPSA) is 78.1 Å². The van der Waals surface area contributed by atoms with Gasteiger partial charge in [0.15, 0.2) is 5.82 Å². The van der Waals surface area contributed by atoms with Crippen molar-refractivity contribution in [3.05, 3.63) is 34.8 Å². The minimum absolute atomic E-state index is 0.0971. The van der Waals surface area contributed by atoms with E-state index in [2.05, 4.69) is 16.0 Å². The zero-order chi connectivity index (χ0) is 19.6. The molecule has 0 unspecified atom stereocenters. The maximum Gasteiger partial charge on any atom is 0.219 e. The molecule has 7 heteroatoms. The van der Waals surface area contributed by atoms with E-state index in [1.165, 1.54) is 5.69 Å². The predicted molar refractivity (Wildman–Crippen MR) is 104 cm³/mol. The molecule has 0 bridgehead atoms. The number of amides is 1. The molecule has 0 radical (unpaired) electrons. The number of aromatic nitrogens is 3. The first kappa shape index (κ1) is 18.9. The van der Waals surface area contributed by atoms with E-state index in [0.29, 0.717) is 12.2 Å². The van der Waals surface area contributed by atoms with E-state index in [1.54, 1.807) is 13.1 Å². The van der Waals surface area contributed by atoms with E-state index in [1.807, 2.05) is 36.5 Å². The molecular weight excluding hydrogens is 340 g/mol. The van der Waals surface area contributed by atoms with Crippen molar-refractivity contribution in [1.29, 1.82) is 5.26 Å². The number of aryl methyl sites for hydroxylation is 2. The van der Waals surface area contributed by atoms with Crippen molar-refractivity contribution in [1.82, 2.24) is 19.7 Å². The van der Waals surface area contributed by atoms with Gasteiger partial charge in [0.05, 0.1) is 18.4 Å². The molecule has 27 heavy (non-hydrogen) atoms. The van der Waals surface area contributed by atoms with Crippen molar-refractivity contribution in [3.63, 3.8) is 0 Å². The van der Waals surface area contributed by atoms with Gasteiger partial charge < -0.3 is 9.80 Å². The fourth-order valence-electron chi connectivity index (χ4n) is 3.82. The van der Waals surface area contributed by atoms with Crippen LogP contribution in [-0.2, 0) is 31.2 Å². The van der Waals surface area contributed by atoms with Crippen LogP contribution in [0.15, 0.2) is 12.3 Å². The summed E-state index contributed by atoms with van der Waals surface area (Å²) < 4.78 is 1.94. The molecule has 0 aliphatic carbocycles. The summed E-state index contributed by atoms with van der Waals surface area (Å²) in [4.78, 5) is 20.1. The summed E-state index contributed by atoms with van der Waals surface area (Å²) in [6.45, 7) is 7.82. The van der Waals surface area contributed by atoms with Gasteiger partial charge in [-0.25, -0.2) is 4.98 Å². The molecule has 2 aromatic heterocycles. The second-order valence-electron chi connectivity index (χ2n) is 6.63. The summed E-state index contributed by atoms with van der Waals surface area (Å²) in [5.41, 5.74) is 4.93. The van der Waals surface area contributed by atoms with Gasteiger partial charge in [-0.3, -0.25) is 9.48 Å². The maximum absolute atomic E-state index is 11.8. The molecule has 4 heterocycles. The van der Waals surface area contributed by atoms with Crippen molar-refractivity contribution >= 4 is 17.4 Å². The highest BCUT2D eigenvalue weighted by Crippen LogP contribution is 2.37. The Balaban J connectivity index is 0.00000102. The van der Waals surface area contributed by atoms with E-state index in [4.69, 9.17) is 10.4 Å². The highest BCUT2D eigenvalue weighted by Gasteiger charge is 2.30. The molecule has 2 aliphatic heterocycles. The Labute approximate surface area is 160 Å². The van der Waals surface area contributed by atoms with Gasteiger partial charge in [-0.1, -0.05) is 13.8 Å². The fourth-order valence-corrected chi connectivity index (χ4v) is 3.82. The van der Waals surface area contributed by atoms with Gasteiger partial charge in [0.2, 0.25) is 5.91 Å². The van der Waals surface area contributed by atoms with Crippen LogP contribution in [0.4, 0.5) is 11.5 Å². The Hall–Kier alpha value is -2.88. The second kappa shape index (κ2) is 7.78. The number of nitrogens with zero attached hydrogens (tertiary/aromatic N) is 6. The minimum atomic E-state index is 0.0971. The molecule has 0 aromatic carbocycles. The number of carbonyl (C=O) groups excluding carboxylic acids is 1. The first-order valence-electron chi connectivity index (χ1n) is 9.55. The minimum Gasteiger partial charge on any atom is -0.338 e. The first-order valence-corrected chi connectivity index (χ1v) is 9.55. The molecule has 0 N–H and O–H groups in total. The lowest BCUT2D eigenvalue weighted by Crippen LogP contribution is -2.35. The SMILES string of the molecule is CC.CC(=O)N1CCc2c(c(N3CCCc4cc(C#N)ncc43)nn2C)C1. The molecule has 1 amide bonds. The van der Waals surface area contributed by atoms with Crippen molar-refractivity contribution in [3.8, 4) is 6.07 Å². The number of pyridine rings is 1. The van der Waals surface area contributed by atoms with Crippen molar-refractivity contribution in [2.75, 3.05) is 18.0 Å². The largest absolute Gasteiger partial charge is 0.338 e. The normalized spacial score (nSPS) is 15.2. The lowest BCUT2D eigenvalue weighted by molar-refractivity contribution is -0.129. The summed E-state index contributed by atoms with van der Waals surface area (Å²) in [6.07, 6.45) is 4.55. The summed E-state index contributed by atoms with van der Waals surface area (Å²) in [5, 5.41) is 13.8. The molecule has 2 aliphatic rings. The van der Waals surface area contributed by atoms with Crippen LogP contribution in [-0.4, -0.2) is 38.7 Å². The summed E-state index contributed by atoms with van der Waals surface area (Å²) in [5.74, 6) is 1.01. The average Bonchev–Trinajstić information content (AvgIpc) is 3.04. The number of fused-ring (bicyclic) bond motifs is 2. The molecule has 4 rings (SSSR count). The quantitative estimate of drug-likeness (QED) is 0.775. The maximum atomic E-state index is 11.8. The molecule has 142 valence electrons. The van der Waals surface area contributed by atoms with Crippen LogP contribution in [0.3, 0.4) is 0 Å². The van der Waals surface area contributed by atoms with E-state index in [0.717, 1.165) is 55.0 Å². The number of hydrogen-bond acceptors (Lipinski definition) is 5. The molecule has 0 saturated carbocycles. The number of rotatable bonds is 1. The first-order chi connectivity index (χ1) is 13.1. The van der Waals surface area contributed by atoms with Crippen LogP contribution in [0.2, 0.25) is 0 Å². The van der Waals surface area contributed by atoms with E-state index < -0.39 is 0 Å². The van der Waals surface area contributed by atoms with Crippen LogP contribution in [0, 0.1) is 11.3 Å². The van der Waals surface area contributed by atoms with E-state index in [9.17, 15) is 4.79 Å². The third kappa shape index (κ3) is 3.39. The third-order valence-corrected chi connectivity index (χ3v) is 5.12. The molecule has 2 aromatic rings. The van der Waals surface area contributed by atoms with Gasteiger partial charge in [-0.05, 0) is 24.5 Å². The lowest BCUT2D eigenvalue weighted by atomic mass is 10.0. The predicted octanol–water partition coefficient (Wildman–Crippen LogP) is 2.70. The number of nitriles is 1. The van der Waals surface area contributed by atoms with Gasteiger partial charge in [-0.2, -0.15) is 10.4 Å². The van der Waals surface area contributed by atoms with Crippen molar-refractivity contribution < 1.29 is 4.79 Å². The average molecular weight is 366 g/mol. The van der Waals surface area contributed by atoms with E-state index in [-0.39, 0.29) is 5.91 Å². The van der Waals surface area contributed by atoms with Crippen LogP contribution in [0.1, 0.15) is 49.7 Å².